The maximum atomic E-state index is 12.6. The standard InChI is InChI=1S/C17H25N3O/c1-12(2)11-19-16(21)14(18)15(17(3,4)5)20(19)13-9-7-6-8-10-13/h6-10,12H,11,18H2,1-5H3. The van der Waals surface area contributed by atoms with Crippen molar-refractivity contribution < 1.29 is 0 Å². The van der Waals surface area contributed by atoms with Gasteiger partial charge >= 0.3 is 0 Å². The Morgan fingerprint density at radius 3 is 2.19 bits per heavy atom. The highest BCUT2D eigenvalue weighted by Gasteiger charge is 2.28. The van der Waals surface area contributed by atoms with Crippen LogP contribution in [0.3, 0.4) is 0 Å². The number of benzene rings is 1. The van der Waals surface area contributed by atoms with E-state index < -0.39 is 0 Å². The van der Waals surface area contributed by atoms with Crippen molar-refractivity contribution in [1.82, 2.24) is 9.36 Å². The molecule has 0 bridgehead atoms. The average molecular weight is 287 g/mol. The van der Waals surface area contributed by atoms with Gasteiger partial charge < -0.3 is 5.73 Å². The largest absolute Gasteiger partial charge is 0.393 e. The molecule has 0 aliphatic heterocycles. The summed E-state index contributed by atoms with van der Waals surface area (Å²) in [5.74, 6) is 0.368. The fourth-order valence-electron chi connectivity index (χ4n) is 2.64. The molecule has 0 unspecified atom stereocenters. The molecule has 1 aromatic carbocycles. The maximum Gasteiger partial charge on any atom is 0.290 e. The molecule has 0 saturated heterocycles. The van der Waals surface area contributed by atoms with Crippen molar-refractivity contribution in [2.75, 3.05) is 5.73 Å². The van der Waals surface area contributed by atoms with Crippen LogP contribution < -0.4 is 11.3 Å². The summed E-state index contributed by atoms with van der Waals surface area (Å²) in [6.07, 6.45) is 0. The molecule has 1 heterocycles. The van der Waals surface area contributed by atoms with Gasteiger partial charge in [-0.05, 0) is 18.1 Å². The average Bonchev–Trinajstić information content (AvgIpc) is 2.63. The second-order valence-corrected chi connectivity index (χ2v) is 6.94. The summed E-state index contributed by atoms with van der Waals surface area (Å²) < 4.78 is 3.74. The Hall–Kier alpha value is -1.97. The number of aromatic nitrogens is 2. The lowest BCUT2D eigenvalue weighted by Crippen LogP contribution is -2.26. The first-order valence-corrected chi connectivity index (χ1v) is 7.40. The van der Waals surface area contributed by atoms with E-state index >= 15 is 0 Å². The molecule has 0 aliphatic rings. The Morgan fingerprint density at radius 2 is 1.71 bits per heavy atom. The second kappa shape index (κ2) is 5.43. The number of anilines is 1. The molecule has 0 fully saturated rings. The van der Waals surface area contributed by atoms with Crippen LogP contribution in [0.25, 0.3) is 5.69 Å². The Kier molecular flexibility index (Phi) is 3.99. The predicted octanol–water partition coefficient (Wildman–Crippen LogP) is 3.17. The molecular formula is C17H25N3O. The molecule has 21 heavy (non-hydrogen) atoms. The third-order valence-electron chi connectivity index (χ3n) is 3.42. The lowest BCUT2D eigenvalue weighted by Gasteiger charge is -2.24. The van der Waals surface area contributed by atoms with Crippen LogP contribution in [0.1, 0.15) is 40.3 Å². The molecule has 1 aromatic heterocycles. The SMILES string of the molecule is CC(C)Cn1c(=O)c(N)c(C(C)(C)C)n1-c1ccccc1. The second-order valence-electron chi connectivity index (χ2n) is 6.94. The van der Waals surface area contributed by atoms with E-state index in [2.05, 4.69) is 34.6 Å². The smallest absolute Gasteiger partial charge is 0.290 e. The van der Waals surface area contributed by atoms with Crippen LogP contribution in [0.15, 0.2) is 35.1 Å². The highest BCUT2D eigenvalue weighted by Crippen LogP contribution is 2.29. The summed E-state index contributed by atoms with van der Waals surface area (Å²) in [6, 6.07) is 9.93. The van der Waals surface area contributed by atoms with Crippen molar-refractivity contribution in [2.24, 2.45) is 5.92 Å². The third-order valence-corrected chi connectivity index (χ3v) is 3.42. The van der Waals surface area contributed by atoms with Gasteiger partial charge in [-0.15, -0.1) is 0 Å². The topological polar surface area (TPSA) is 52.9 Å². The number of rotatable bonds is 3. The van der Waals surface area contributed by atoms with Crippen molar-refractivity contribution in [2.45, 2.75) is 46.6 Å². The van der Waals surface area contributed by atoms with Crippen molar-refractivity contribution in [3.8, 4) is 5.69 Å². The fourth-order valence-corrected chi connectivity index (χ4v) is 2.64. The number of hydrogen-bond acceptors (Lipinski definition) is 2. The van der Waals surface area contributed by atoms with Gasteiger partial charge in [0.25, 0.3) is 5.56 Å². The van der Waals surface area contributed by atoms with Gasteiger partial charge in [-0.1, -0.05) is 52.8 Å². The summed E-state index contributed by atoms with van der Waals surface area (Å²) >= 11 is 0. The van der Waals surface area contributed by atoms with Gasteiger partial charge in [0.05, 0.1) is 11.4 Å². The van der Waals surface area contributed by atoms with Crippen LogP contribution in [0, 0.1) is 5.92 Å². The first kappa shape index (κ1) is 15.4. The van der Waals surface area contributed by atoms with E-state index in [1.807, 2.05) is 35.0 Å². The Bertz CT molecular complexity index is 673. The van der Waals surface area contributed by atoms with Crippen molar-refractivity contribution >= 4 is 5.69 Å². The van der Waals surface area contributed by atoms with Crippen LogP contribution in [0.5, 0.6) is 0 Å². The van der Waals surface area contributed by atoms with Crippen LogP contribution in [-0.4, -0.2) is 9.36 Å². The summed E-state index contributed by atoms with van der Waals surface area (Å²) in [5, 5.41) is 0. The molecule has 0 aliphatic carbocycles. The van der Waals surface area contributed by atoms with Gasteiger partial charge in [-0.3, -0.25) is 9.48 Å². The zero-order valence-electron chi connectivity index (χ0n) is 13.6. The molecule has 2 rings (SSSR count). The number of nitrogens with two attached hydrogens (primary N) is 1. The normalized spacial score (nSPS) is 12.1. The molecular weight excluding hydrogens is 262 g/mol. The molecule has 2 N–H and O–H groups in total. The molecule has 0 spiro atoms. The molecule has 2 aromatic rings. The fraction of sp³-hybridized carbons (Fsp3) is 0.471. The van der Waals surface area contributed by atoms with E-state index in [-0.39, 0.29) is 11.0 Å². The van der Waals surface area contributed by atoms with Gasteiger partial charge in [0.1, 0.15) is 5.69 Å². The lowest BCUT2D eigenvalue weighted by atomic mass is 9.91. The third kappa shape index (κ3) is 2.89. The van der Waals surface area contributed by atoms with E-state index in [0.717, 1.165) is 11.4 Å². The molecule has 114 valence electrons. The van der Waals surface area contributed by atoms with Gasteiger partial charge in [-0.25, -0.2) is 4.68 Å². The minimum Gasteiger partial charge on any atom is -0.393 e. The summed E-state index contributed by atoms with van der Waals surface area (Å²) in [7, 11) is 0. The van der Waals surface area contributed by atoms with Crippen LogP contribution in [-0.2, 0) is 12.0 Å². The monoisotopic (exact) mass is 287 g/mol. The Labute approximate surface area is 126 Å². The van der Waals surface area contributed by atoms with Crippen molar-refractivity contribution in [3.05, 3.63) is 46.4 Å². The van der Waals surface area contributed by atoms with E-state index in [1.54, 1.807) is 4.68 Å². The highest BCUT2D eigenvalue weighted by atomic mass is 16.1. The van der Waals surface area contributed by atoms with Crippen LogP contribution >= 0.6 is 0 Å². The quantitative estimate of drug-likeness (QED) is 0.942. The predicted molar refractivity (Wildman–Crippen MR) is 88.0 cm³/mol. The Balaban J connectivity index is 2.81. The zero-order valence-corrected chi connectivity index (χ0v) is 13.6. The molecule has 0 atom stereocenters. The van der Waals surface area contributed by atoms with E-state index in [9.17, 15) is 4.79 Å². The molecule has 4 nitrogen and oxygen atoms in total. The van der Waals surface area contributed by atoms with Gasteiger partial charge in [-0.2, -0.15) is 0 Å². The summed E-state index contributed by atoms with van der Waals surface area (Å²) in [6.45, 7) is 11.1. The van der Waals surface area contributed by atoms with E-state index in [0.29, 0.717) is 18.2 Å². The first-order valence-electron chi connectivity index (χ1n) is 7.40. The number of nitrogen functional groups attached to an aromatic ring is 1. The summed E-state index contributed by atoms with van der Waals surface area (Å²) in [4.78, 5) is 12.6. The maximum absolute atomic E-state index is 12.6. The minimum atomic E-state index is -0.207. The first-order chi connectivity index (χ1) is 9.73. The van der Waals surface area contributed by atoms with Crippen molar-refractivity contribution in [3.63, 3.8) is 0 Å². The molecule has 0 radical (unpaired) electrons. The number of hydrogen-bond donors (Lipinski definition) is 1. The number of para-hydroxylation sites is 1. The van der Waals surface area contributed by atoms with E-state index in [4.69, 9.17) is 5.73 Å². The number of nitrogens with zero attached hydrogens (tertiary/aromatic N) is 2. The highest BCUT2D eigenvalue weighted by molar-refractivity contribution is 5.50. The Morgan fingerprint density at radius 1 is 1.14 bits per heavy atom. The van der Waals surface area contributed by atoms with E-state index in [1.165, 1.54) is 0 Å². The molecule has 0 saturated carbocycles. The van der Waals surface area contributed by atoms with Crippen LogP contribution in [0.4, 0.5) is 5.69 Å². The lowest BCUT2D eigenvalue weighted by molar-refractivity contribution is 0.419. The van der Waals surface area contributed by atoms with Gasteiger partial charge in [0.15, 0.2) is 0 Å². The molecule has 4 heteroatoms. The summed E-state index contributed by atoms with van der Waals surface area (Å²) in [5.41, 5.74) is 8.04. The molecule has 0 amide bonds. The zero-order chi connectivity index (χ0) is 15.8. The van der Waals surface area contributed by atoms with Crippen LogP contribution in [0.2, 0.25) is 0 Å². The van der Waals surface area contributed by atoms with Gasteiger partial charge in [0, 0.05) is 12.0 Å². The minimum absolute atomic E-state index is 0.0996. The van der Waals surface area contributed by atoms with Gasteiger partial charge in [0.2, 0.25) is 0 Å². The van der Waals surface area contributed by atoms with Crippen molar-refractivity contribution in [1.29, 1.82) is 0 Å².